The van der Waals surface area contributed by atoms with Crippen molar-refractivity contribution in [1.29, 1.82) is 0 Å². The van der Waals surface area contributed by atoms with Crippen molar-refractivity contribution >= 4 is 23.4 Å². The predicted octanol–water partition coefficient (Wildman–Crippen LogP) is 4.81. The van der Waals surface area contributed by atoms with Crippen LogP contribution in [0, 0.1) is 5.82 Å². The van der Waals surface area contributed by atoms with Gasteiger partial charge in [-0.25, -0.2) is 4.39 Å². The number of nitrogens with one attached hydrogen (secondary N) is 1. The van der Waals surface area contributed by atoms with Gasteiger partial charge in [-0.2, -0.15) is 0 Å². The van der Waals surface area contributed by atoms with Crippen molar-refractivity contribution < 1.29 is 14.0 Å². The minimum atomic E-state index is -0.397. The molecule has 2 atom stereocenters. The third kappa shape index (κ3) is 4.67. The molecule has 2 fully saturated rings. The summed E-state index contributed by atoms with van der Waals surface area (Å²) in [5, 5.41) is 3.82. The zero-order chi connectivity index (χ0) is 21.1. The number of rotatable bonds is 6. The molecule has 4 rings (SSSR count). The first-order valence-corrected chi connectivity index (χ1v) is 10.9. The van der Waals surface area contributed by atoms with Gasteiger partial charge in [-0.3, -0.25) is 9.59 Å². The second-order valence-corrected chi connectivity index (χ2v) is 8.86. The summed E-state index contributed by atoms with van der Waals surface area (Å²) in [5.41, 5.74) is 1.68. The van der Waals surface area contributed by atoms with Gasteiger partial charge in [0.2, 0.25) is 11.8 Å². The van der Waals surface area contributed by atoms with Gasteiger partial charge in [0, 0.05) is 29.9 Å². The Hall–Kier alpha value is -2.40. The number of likely N-dealkylation sites (tertiary alicyclic amines) is 1. The summed E-state index contributed by atoms with van der Waals surface area (Å²) in [6.45, 7) is 0.720. The van der Waals surface area contributed by atoms with Crippen LogP contribution < -0.4 is 5.32 Å². The lowest BCUT2D eigenvalue weighted by molar-refractivity contribution is -0.132. The van der Waals surface area contributed by atoms with Crippen molar-refractivity contribution in [3.8, 4) is 0 Å². The fraction of sp³-hybridized carbons (Fsp3) is 0.417. The van der Waals surface area contributed by atoms with Crippen LogP contribution in [-0.2, 0) is 16.0 Å². The molecule has 30 heavy (non-hydrogen) atoms. The molecule has 2 aliphatic heterocycles. The molecule has 4 nitrogen and oxygen atoms in total. The number of hydrogen-bond acceptors (Lipinski definition) is 2. The first-order chi connectivity index (χ1) is 14.4. The molecule has 2 aliphatic rings. The van der Waals surface area contributed by atoms with Crippen LogP contribution in [0.3, 0.4) is 0 Å². The molecule has 2 aromatic carbocycles. The summed E-state index contributed by atoms with van der Waals surface area (Å²) in [5.74, 6) is -0.129. The van der Waals surface area contributed by atoms with E-state index in [0.717, 1.165) is 36.9 Å². The van der Waals surface area contributed by atoms with Crippen LogP contribution >= 0.6 is 11.6 Å². The minimum absolute atomic E-state index is 0.00323. The number of halogens is 2. The monoisotopic (exact) mass is 428 g/mol. The van der Waals surface area contributed by atoms with Crippen molar-refractivity contribution in [1.82, 2.24) is 10.2 Å². The molecule has 2 aromatic rings. The van der Waals surface area contributed by atoms with Crippen molar-refractivity contribution in [2.75, 3.05) is 6.54 Å². The van der Waals surface area contributed by atoms with Crippen LogP contribution in [0.25, 0.3) is 0 Å². The Labute approximate surface area is 181 Å². The second-order valence-electron chi connectivity index (χ2n) is 8.43. The minimum Gasteiger partial charge on any atom is -0.350 e. The van der Waals surface area contributed by atoms with Gasteiger partial charge >= 0.3 is 0 Å². The molecular formula is C24H26ClFN2O2. The largest absolute Gasteiger partial charge is 0.350 e. The lowest BCUT2D eigenvalue weighted by Crippen LogP contribution is -2.44. The molecule has 6 heteroatoms. The van der Waals surface area contributed by atoms with E-state index in [0.29, 0.717) is 30.7 Å². The first kappa shape index (κ1) is 20.9. The van der Waals surface area contributed by atoms with E-state index in [9.17, 15) is 14.0 Å². The van der Waals surface area contributed by atoms with Crippen LogP contribution in [-0.4, -0.2) is 28.8 Å². The van der Waals surface area contributed by atoms with Crippen LogP contribution in [0.4, 0.5) is 4.39 Å². The fourth-order valence-corrected chi connectivity index (χ4v) is 4.89. The molecule has 2 saturated heterocycles. The van der Waals surface area contributed by atoms with Crippen LogP contribution in [0.2, 0.25) is 5.02 Å². The predicted molar refractivity (Wildman–Crippen MR) is 115 cm³/mol. The molecule has 0 saturated carbocycles. The van der Waals surface area contributed by atoms with Crippen LogP contribution in [0.5, 0.6) is 0 Å². The Morgan fingerprint density at radius 2 is 1.90 bits per heavy atom. The maximum Gasteiger partial charge on any atom is 0.223 e. The molecule has 0 unspecified atom stereocenters. The SMILES string of the molecule is O=C1CC[C@](CCC(=O)N2CCC[C@H]2c2ccc(F)cc2)(Cc2ccc(Cl)cc2)N1. The Balaban J connectivity index is 1.44. The number of nitrogens with zero attached hydrogens (tertiary/aromatic N) is 1. The van der Waals surface area contributed by atoms with Gasteiger partial charge in [0.1, 0.15) is 5.82 Å². The molecule has 0 aromatic heterocycles. The molecule has 0 aliphatic carbocycles. The molecule has 0 radical (unpaired) electrons. The zero-order valence-electron chi connectivity index (χ0n) is 16.9. The highest BCUT2D eigenvalue weighted by Crippen LogP contribution is 2.35. The third-order valence-corrected chi connectivity index (χ3v) is 6.59. The Bertz CT molecular complexity index is 916. The van der Waals surface area contributed by atoms with Crippen molar-refractivity contribution in [3.05, 3.63) is 70.5 Å². The maximum absolute atomic E-state index is 13.3. The van der Waals surface area contributed by atoms with E-state index >= 15 is 0 Å². The van der Waals surface area contributed by atoms with Gasteiger partial charge in [-0.1, -0.05) is 35.9 Å². The lowest BCUT2D eigenvalue weighted by Gasteiger charge is -2.31. The summed E-state index contributed by atoms with van der Waals surface area (Å²) in [6.07, 6.45) is 4.72. The Morgan fingerprint density at radius 1 is 1.17 bits per heavy atom. The van der Waals surface area contributed by atoms with E-state index in [4.69, 9.17) is 11.6 Å². The number of benzene rings is 2. The standard InChI is InChI=1S/C24H26ClFN2O2/c25-19-7-3-17(4-8-19)16-24(13-11-22(29)27-24)14-12-23(30)28-15-1-2-21(28)18-5-9-20(26)10-6-18/h3-10,21H,1-2,11-16H2,(H,27,29)/t21-,24-/m0/s1. The number of carbonyl (C=O) groups is 2. The normalized spacial score (nSPS) is 23.6. The van der Waals surface area contributed by atoms with Crippen LogP contribution in [0.1, 0.15) is 55.7 Å². The smallest absolute Gasteiger partial charge is 0.223 e. The van der Waals surface area contributed by atoms with Gasteiger partial charge in [0.15, 0.2) is 0 Å². The summed E-state index contributed by atoms with van der Waals surface area (Å²) in [6, 6.07) is 14.1. The van der Waals surface area contributed by atoms with E-state index in [2.05, 4.69) is 5.32 Å². The van der Waals surface area contributed by atoms with Crippen LogP contribution in [0.15, 0.2) is 48.5 Å². The summed E-state index contributed by atoms with van der Waals surface area (Å²) < 4.78 is 13.3. The zero-order valence-corrected chi connectivity index (χ0v) is 17.6. The van der Waals surface area contributed by atoms with Gasteiger partial charge in [0.25, 0.3) is 0 Å². The lowest BCUT2D eigenvalue weighted by atomic mass is 9.85. The number of amides is 2. The maximum atomic E-state index is 13.3. The van der Waals surface area contributed by atoms with E-state index in [1.807, 2.05) is 29.2 Å². The highest BCUT2D eigenvalue weighted by Gasteiger charge is 2.39. The number of carbonyl (C=O) groups excluding carboxylic acids is 2. The quantitative estimate of drug-likeness (QED) is 0.717. The van der Waals surface area contributed by atoms with Gasteiger partial charge in [-0.05, 0) is 67.5 Å². The van der Waals surface area contributed by atoms with E-state index in [-0.39, 0.29) is 23.7 Å². The molecule has 158 valence electrons. The molecule has 0 bridgehead atoms. The first-order valence-electron chi connectivity index (χ1n) is 10.5. The molecule has 1 N–H and O–H groups in total. The average Bonchev–Trinajstić information content (AvgIpc) is 3.36. The van der Waals surface area contributed by atoms with Gasteiger partial charge in [-0.15, -0.1) is 0 Å². The summed E-state index contributed by atoms with van der Waals surface area (Å²) in [7, 11) is 0. The second kappa shape index (κ2) is 8.76. The molecule has 0 spiro atoms. The van der Waals surface area contributed by atoms with Crippen molar-refractivity contribution in [2.45, 2.75) is 56.5 Å². The Morgan fingerprint density at radius 3 is 2.57 bits per heavy atom. The van der Waals surface area contributed by atoms with E-state index < -0.39 is 5.54 Å². The molecule has 2 amide bonds. The van der Waals surface area contributed by atoms with Gasteiger partial charge < -0.3 is 10.2 Å². The fourth-order valence-electron chi connectivity index (χ4n) is 4.76. The third-order valence-electron chi connectivity index (χ3n) is 6.34. The highest BCUT2D eigenvalue weighted by molar-refractivity contribution is 6.30. The van der Waals surface area contributed by atoms with E-state index in [1.54, 1.807) is 12.1 Å². The van der Waals surface area contributed by atoms with E-state index in [1.165, 1.54) is 12.1 Å². The average molecular weight is 429 g/mol. The van der Waals surface area contributed by atoms with Gasteiger partial charge in [0.05, 0.1) is 6.04 Å². The number of hydrogen-bond donors (Lipinski definition) is 1. The van der Waals surface area contributed by atoms with Crippen molar-refractivity contribution in [2.24, 2.45) is 0 Å². The topological polar surface area (TPSA) is 49.4 Å². The Kier molecular flexibility index (Phi) is 6.09. The summed E-state index contributed by atoms with van der Waals surface area (Å²) >= 11 is 5.99. The summed E-state index contributed by atoms with van der Waals surface area (Å²) in [4.78, 5) is 27.0. The van der Waals surface area contributed by atoms with Crippen molar-refractivity contribution in [3.63, 3.8) is 0 Å². The molecular weight excluding hydrogens is 403 g/mol. The molecule has 2 heterocycles. The highest BCUT2D eigenvalue weighted by atomic mass is 35.5.